The maximum Gasteiger partial charge on any atom is 0.0726 e. The summed E-state index contributed by atoms with van der Waals surface area (Å²) in [6.07, 6.45) is 0. The SMILES string of the molecule is CC(C)(C)c1cc(Br)cc(N(c2ccc(-c3ccccc3)cc2)c2c(-c3cccc(C(C)(C)C)n3)cc(C(C)(C)C)cc2-c2cccc(C(C)(C)C)n2)c1. The van der Waals surface area contributed by atoms with Crippen LogP contribution in [-0.4, -0.2) is 9.97 Å². The van der Waals surface area contributed by atoms with E-state index >= 15 is 0 Å². The maximum absolute atomic E-state index is 5.43. The zero-order valence-electron chi connectivity index (χ0n) is 34.3. The Morgan fingerprint density at radius 2 is 0.889 bits per heavy atom. The summed E-state index contributed by atoms with van der Waals surface area (Å²) in [7, 11) is 0. The quantitative estimate of drug-likeness (QED) is 0.169. The fourth-order valence-electron chi connectivity index (χ4n) is 6.68. The number of benzene rings is 4. The summed E-state index contributed by atoms with van der Waals surface area (Å²) in [5.41, 5.74) is 13.7. The lowest BCUT2D eigenvalue weighted by Gasteiger charge is -2.33. The van der Waals surface area contributed by atoms with E-state index in [0.29, 0.717) is 0 Å². The monoisotopic (exact) mass is 777 g/mol. The van der Waals surface area contributed by atoms with Crippen LogP contribution < -0.4 is 4.90 Å². The van der Waals surface area contributed by atoms with Crippen LogP contribution in [0.5, 0.6) is 0 Å². The molecular weight excluding hydrogens is 722 g/mol. The van der Waals surface area contributed by atoms with Gasteiger partial charge in [0.1, 0.15) is 0 Å². The van der Waals surface area contributed by atoms with Gasteiger partial charge in [-0.2, -0.15) is 0 Å². The van der Waals surface area contributed by atoms with E-state index < -0.39 is 0 Å². The van der Waals surface area contributed by atoms with Crippen LogP contribution in [0, 0.1) is 0 Å². The summed E-state index contributed by atoms with van der Waals surface area (Å²) in [5, 5.41) is 0. The predicted octanol–water partition coefficient (Wildman–Crippen LogP) is 14.9. The number of rotatable bonds is 6. The Bertz CT molecular complexity index is 2180. The highest BCUT2D eigenvalue weighted by Crippen LogP contribution is 2.49. The fraction of sp³-hybridized carbons (Fsp3) is 0.320. The van der Waals surface area contributed by atoms with Crippen LogP contribution in [-0.2, 0) is 21.7 Å². The van der Waals surface area contributed by atoms with Gasteiger partial charge < -0.3 is 4.90 Å². The van der Waals surface area contributed by atoms with Gasteiger partial charge in [-0.3, -0.25) is 9.97 Å². The van der Waals surface area contributed by atoms with Crippen molar-refractivity contribution < 1.29 is 0 Å². The van der Waals surface area contributed by atoms with Gasteiger partial charge in [0.15, 0.2) is 0 Å². The lowest BCUT2D eigenvalue weighted by molar-refractivity contribution is 0.569. The largest absolute Gasteiger partial charge is 0.309 e. The van der Waals surface area contributed by atoms with Crippen molar-refractivity contribution >= 4 is 33.0 Å². The molecule has 2 aromatic heterocycles. The first-order valence-electron chi connectivity index (χ1n) is 19.1. The average molecular weight is 779 g/mol. The van der Waals surface area contributed by atoms with Gasteiger partial charge in [-0.1, -0.05) is 154 Å². The molecule has 0 atom stereocenters. The van der Waals surface area contributed by atoms with Gasteiger partial charge in [-0.25, -0.2) is 0 Å². The molecule has 0 saturated heterocycles. The minimum atomic E-state index is -0.136. The average Bonchev–Trinajstić information content (AvgIpc) is 3.11. The van der Waals surface area contributed by atoms with Gasteiger partial charge in [0.2, 0.25) is 0 Å². The molecule has 0 aliphatic carbocycles. The number of hydrogen-bond donors (Lipinski definition) is 0. The predicted molar refractivity (Wildman–Crippen MR) is 236 cm³/mol. The molecule has 2 heterocycles. The van der Waals surface area contributed by atoms with E-state index in [4.69, 9.17) is 9.97 Å². The van der Waals surface area contributed by atoms with Gasteiger partial charge in [0.05, 0.1) is 17.1 Å². The van der Waals surface area contributed by atoms with Crippen LogP contribution >= 0.6 is 15.9 Å². The number of halogens is 1. The van der Waals surface area contributed by atoms with Crippen molar-refractivity contribution in [2.45, 2.75) is 105 Å². The van der Waals surface area contributed by atoms with Gasteiger partial charge in [0, 0.05) is 49.2 Å². The Hall–Kier alpha value is -4.54. The molecule has 4 aromatic carbocycles. The molecule has 0 radical (unpaired) electrons. The maximum atomic E-state index is 5.43. The van der Waals surface area contributed by atoms with Gasteiger partial charge in [0.25, 0.3) is 0 Å². The van der Waals surface area contributed by atoms with E-state index in [-0.39, 0.29) is 21.7 Å². The lowest BCUT2D eigenvalue weighted by Crippen LogP contribution is -2.19. The highest BCUT2D eigenvalue weighted by atomic mass is 79.9. The van der Waals surface area contributed by atoms with Crippen LogP contribution in [0.15, 0.2) is 126 Å². The number of anilines is 3. The number of hydrogen-bond acceptors (Lipinski definition) is 3. The third-order valence-corrected chi connectivity index (χ3v) is 10.5. The normalized spacial score (nSPS) is 12.5. The lowest BCUT2D eigenvalue weighted by atomic mass is 9.82. The molecule has 0 bridgehead atoms. The Morgan fingerprint density at radius 1 is 0.426 bits per heavy atom. The molecule has 0 unspecified atom stereocenters. The van der Waals surface area contributed by atoms with Crippen LogP contribution in [0.4, 0.5) is 17.1 Å². The van der Waals surface area contributed by atoms with E-state index in [2.05, 4.69) is 225 Å². The molecular formula is C50H56BrN3. The Kier molecular flexibility index (Phi) is 10.6. The molecule has 0 fully saturated rings. The van der Waals surface area contributed by atoms with Crippen molar-refractivity contribution in [2.24, 2.45) is 0 Å². The summed E-state index contributed by atoms with van der Waals surface area (Å²) in [4.78, 5) is 13.3. The molecule has 6 aromatic rings. The van der Waals surface area contributed by atoms with Crippen LogP contribution in [0.2, 0.25) is 0 Å². The van der Waals surface area contributed by atoms with Crippen molar-refractivity contribution in [1.82, 2.24) is 9.97 Å². The highest BCUT2D eigenvalue weighted by molar-refractivity contribution is 9.10. The Balaban J connectivity index is 1.78. The first-order chi connectivity index (χ1) is 25.2. The molecule has 0 spiro atoms. The summed E-state index contributed by atoms with van der Waals surface area (Å²) < 4.78 is 1.03. The van der Waals surface area contributed by atoms with Crippen LogP contribution in [0.3, 0.4) is 0 Å². The molecule has 54 heavy (non-hydrogen) atoms. The Labute approximate surface area is 333 Å². The topological polar surface area (TPSA) is 29.0 Å². The molecule has 6 rings (SSSR count). The van der Waals surface area contributed by atoms with Crippen molar-refractivity contribution in [3.8, 4) is 33.6 Å². The summed E-state index contributed by atoms with van der Waals surface area (Å²) >= 11 is 3.94. The zero-order chi connectivity index (χ0) is 39.2. The first-order valence-corrected chi connectivity index (χ1v) is 19.9. The molecule has 0 N–H and O–H groups in total. The second-order valence-corrected chi connectivity index (χ2v) is 19.6. The molecule has 3 nitrogen and oxygen atoms in total. The van der Waals surface area contributed by atoms with Gasteiger partial charge in [-0.15, -0.1) is 0 Å². The van der Waals surface area contributed by atoms with E-state index in [1.165, 1.54) is 22.3 Å². The van der Waals surface area contributed by atoms with Crippen LogP contribution in [0.1, 0.15) is 106 Å². The van der Waals surface area contributed by atoms with Gasteiger partial charge >= 0.3 is 0 Å². The standard InChI is InChI=1S/C50H56BrN3/c1-47(2,3)35-28-37(51)32-39(29-35)54(38-26-24-34(25-27-38)33-18-14-13-15-19-33)46-40(42-20-16-22-44(52-42)49(7,8)9)30-36(48(4,5)6)31-41(46)43-21-17-23-45(53-43)50(10,11)12/h13-32H,1-12H3. The molecule has 0 aliphatic rings. The smallest absolute Gasteiger partial charge is 0.0726 e. The Morgan fingerprint density at radius 3 is 1.35 bits per heavy atom. The number of pyridine rings is 2. The third kappa shape index (κ3) is 8.55. The van der Waals surface area contributed by atoms with E-state index in [1.54, 1.807) is 0 Å². The summed E-state index contributed by atoms with van der Waals surface area (Å²) in [5.74, 6) is 0. The zero-order valence-corrected chi connectivity index (χ0v) is 35.9. The van der Waals surface area contributed by atoms with Gasteiger partial charge in [-0.05, 0) is 99.8 Å². The number of aromatic nitrogens is 2. The minimum absolute atomic E-state index is 0.0751. The molecule has 0 saturated carbocycles. The van der Waals surface area contributed by atoms with E-state index in [0.717, 1.165) is 55.4 Å². The fourth-order valence-corrected chi connectivity index (χ4v) is 7.16. The molecule has 0 amide bonds. The van der Waals surface area contributed by atoms with Crippen molar-refractivity contribution in [2.75, 3.05) is 4.90 Å². The number of nitrogens with zero attached hydrogens (tertiary/aromatic N) is 3. The molecule has 0 aliphatic heterocycles. The second kappa shape index (κ2) is 14.6. The van der Waals surface area contributed by atoms with E-state index in [1.807, 2.05) is 0 Å². The van der Waals surface area contributed by atoms with Crippen molar-refractivity contribution in [3.05, 3.63) is 148 Å². The highest BCUT2D eigenvalue weighted by Gasteiger charge is 2.29. The first kappa shape index (κ1) is 39.2. The molecule has 4 heteroatoms. The summed E-state index contributed by atoms with van der Waals surface area (Å²) in [6, 6.07) is 44.1. The van der Waals surface area contributed by atoms with Crippen molar-refractivity contribution in [3.63, 3.8) is 0 Å². The van der Waals surface area contributed by atoms with E-state index in [9.17, 15) is 0 Å². The third-order valence-electron chi connectivity index (χ3n) is 10.0. The summed E-state index contributed by atoms with van der Waals surface area (Å²) in [6.45, 7) is 27.1. The van der Waals surface area contributed by atoms with Crippen molar-refractivity contribution in [1.29, 1.82) is 0 Å². The molecule has 278 valence electrons. The van der Waals surface area contributed by atoms with Crippen LogP contribution in [0.25, 0.3) is 33.6 Å². The minimum Gasteiger partial charge on any atom is -0.309 e. The second-order valence-electron chi connectivity index (χ2n) is 18.7.